The second-order valence-corrected chi connectivity index (χ2v) is 12.3. The first-order chi connectivity index (χ1) is 21.1. The molecule has 3 aromatic rings. The highest BCUT2D eigenvalue weighted by Crippen LogP contribution is 2.35. The minimum Gasteiger partial charge on any atom is -0.478 e. The number of likely N-dealkylation sites (tertiary alicyclic amines) is 1. The van der Waals surface area contributed by atoms with Gasteiger partial charge in [-0.15, -0.1) is 0 Å². The Morgan fingerprint density at radius 2 is 1.75 bits per heavy atom. The first-order valence-corrected chi connectivity index (χ1v) is 15.6. The van der Waals surface area contributed by atoms with E-state index in [2.05, 4.69) is 39.2 Å². The van der Waals surface area contributed by atoms with Gasteiger partial charge in [-0.2, -0.15) is 0 Å². The standard InChI is InChI=1S/C34H40ClN5O4/c1-22-19-30(35)37-24(3)31(22)32(41)36-16-13-23(2)38-17-14-28(15-18-38)40-29(26-7-5-4-6-8-26)21-39(34(40)44)20-25-9-11-27(12-10-25)33(42)43/h4-12,19,23,28-29H,13-18,20-21H2,1-3H3,(H,36,41)(H,42,43)/t23?,29-/m0/s1. The van der Waals surface area contributed by atoms with Crippen molar-refractivity contribution in [3.05, 3.63) is 99.3 Å². The molecule has 3 amide bonds. The number of urea groups is 1. The van der Waals surface area contributed by atoms with Crippen LogP contribution in [0.1, 0.15) is 75.3 Å². The third-order valence-electron chi connectivity index (χ3n) is 8.94. The number of halogens is 1. The Bertz CT molecular complexity index is 1470. The van der Waals surface area contributed by atoms with Crippen LogP contribution in [0.4, 0.5) is 4.79 Å². The van der Waals surface area contributed by atoms with Crippen molar-refractivity contribution in [2.75, 3.05) is 26.2 Å². The van der Waals surface area contributed by atoms with E-state index in [1.54, 1.807) is 37.3 Å². The van der Waals surface area contributed by atoms with E-state index in [0.717, 1.165) is 49.0 Å². The molecule has 2 aliphatic rings. The van der Waals surface area contributed by atoms with E-state index in [9.17, 15) is 19.5 Å². The fourth-order valence-electron chi connectivity index (χ4n) is 6.53. The normalized spacial score (nSPS) is 18.5. The van der Waals surface area contributed by atoms with E-state index in [4.69, 9.17) is 11.6 Å². The number of carbonyl (C=O) groups is 3. The lowest BCUT2D eigenvalue weighted by Crippen LogP contribution is -2.49. The largest absolute Gasteiger partial charge is 0.478 e. The van der Waals surface area contributed by atoms with Crippen molar-refractivity contribution in [2.24, 2.45) is 0 Å². The minimum atomic E-state index is -0.963. The lowest BCUT2D eigenvalue weighted by Gasteiger charge is -2.41. The van der Waals surface area contributed by atoms with E-state index in [1.807, 2.05) is 30.0 Å². The third-order valence-corrected chi connectivity index (χ3v) is 9.13. The van der Waals surface area contributed by atoms with Gasteiger partial charge in [0.2, 0.25) is 0 Å². The molecule has 0 bridgehead atoms. The number of nitrogens with one attached hydrogen (secondary N) is 1. The van der Waals surface area contributed by atoms with Gasteiger partial charge in [0, 0.05) is 44.8 Å². The molecule has 1 unspecified atom stereocenters. The third kappa shape index (κ3) is 7.05. The van der Waals surface area contributed by atoms with Crippen LogP contribution >= 0.6 is 11.6 Å². The van der Waals surface area contributed by atoms with Crippen LogP contribution < -0.4 is 5.32 Å². The summed E-state index contributed by atoms with van der Waals surface area (Å²) in [5.41, 5.74) is 4.29. The number of hydrogen-bond donors (Lipinski definition) is 2. The van der Waals surface area contributed by atoms with Gasteiger partial charge in [0.05, 0.1) is 22.9 Å². The number of piperidine rings is 1. The Kier molecular flexibility index (Phi) is 9.86. The lowest BCUT2D eigenvalue weighted by atomic mass is 9.98. The van der Waals surface area contributed by atoms with Gasteiger partial charge in [-0.05, 0) is 74.9 Å². The molecule has 2 fully saturated rings. The molecule has 2 atom stereocenters. The molecule has 44 heavy (non-hydrogen) atoms. The Morgan fingerprint density at radius 1 is 1.07 bits per heavy atom. The average Bonchev–Trinajstić information content (AvgIpc) is 3.32. The van der Waals surface area contributed by atoms with E-state index < -0.39 is 5.97 Å². The quantitative estimate of drug-likeness (QED) is 0.283. The number of rotatable bonds is 10. The zero-order valence-electron chi connectivity index (χ0n) is 25.5. The predicted octanol–water partition coefficient (Wildman–Crippen LogP) is 5.70. The van der Waals surface area contributed by atoms with E-state index in [-0.39, 0.29) is 35.6 Å². The summed E-state index contributed by atoms with van der Waals surface area (Å²) in [6, 6.07) is 19.0. The summed E-state index contributed by atoms with van der Waals surface area (Å²) in [5, 5.41) is 12.7. The number of amides is 3. The summed E-state index contributed by atoms with van der Waals surface area (Å²) in [7, 11) is 0. The van der Waals surface area contributed by atoms with Gasteiger partial charge in [0.15, 0.2) is 0 Å². The molecule has 10 heteroatoms. The molecule has 2 aliphatic heterocycles. The van der Waals surface area contributed by atoms with E-state index in [1.165, 1.54) is 0 Å². The van der Waals surface area contributed by atoms with Crippen LogP contribution in [-0.2, 0) is 6.54 Å². The highest BCUT2D eigenvalue weighted by Gasteiger charge is 2.43. The Morgan fingerprint density at radius 3 is 2.39 bits per heavy atom. The molecular weight excluding hydrogens is 578 g/mol. The molecule has 2 saturated heterocycles. The van der Waals surface area contributed by atoms with Crippen LogP contribution in [0.5, 0.6) is 0 Å². The van der Waals surface area contributed by atoms with Crippen LogP contribution in [0, 0.1) is 13.8 Å². The smallest absolute Gasteiger partial charge is 0.335 e. The number of aryl methyl sites for hydroxylation is 2. The summed E-state index contributed by atoms with van der Waals surface area (Å²) in [6.07, 6.45) is 2.57. The van der Waals surface area contributed by atoms with Crippen molar-refractivity contribution < 1.29 is 19.5 Å². The van der Waals surface area contributed by atoms with Crippen molar-refractivity contribution in [3.63, 3.8) is 0 Å². The van der Waals surface area contributed by atoms with Crippen molar-refractivity contribution in [1.29, 1.82) is 0 Å². The fourth-order valence-corrected chi connectivity index (χ4v) is 6.82. The van der Waals surface area contributed by atoms with Gasteiger partial charge in [0.1, 0.15) is 5.15 Å². The number of carboxylic acids is 1. The topological polar surface area (TPSA) is 106 Å². The summed E-state index contributed by atoms with van der Waals surface area (Å²) >= 11 is 6.02. The molecule has 0 saturated carbocycles. The van der Waals surface area contributed by atoms with Crippen molar-refractivity contribution >= 4 is 29.5 Å². The minimum absolute atomic E-state index is 0.0256. The maximum absolute atomic E-state index is 13.9. The second-order valence-electron chi connectivity index (χ2n) is 11.9. The molecule has 1 aromatic heterocycles. The Balaban J connectivity index is 1.18. The number of aromatic nitrogens is 1. The lowest BCUT2D eigenvalue weighted by molar-refractivity contribution is 0.0696. The van der Waals surface area contributed by atoms with Crippen LogP contribution in [0.15, 0.2) is 60.7 Å². The van der Waals surface area contributed by atoms with Crippen molar-refractivity contribution in [3.8, 4) is 0 Å². The van der Waals surface area contributed by atoms with Crippen LogP contribution in [0.3, 0.4) is 0 Å². The fraction of sp³-hybridized carbons (Fsp3) is 0.412. The number of aromatic carboxylic acids is 1. The molecule has 2 aromatic carbocycles. The van der Waals surface area contributed by atoms with Gasteiger partial charge < -0.3 is 25.1 Å². The first kappa shape index (κ1) is 31.5. The summed E-state index contributed by atoms with van der Waals surface area (Å²) in [4.78, 5) is 48.6. The molecule has 5 rings (SSSR count). The highest BCUT2D eigenvalue weighted by molar-refractivity contribution is 6.29. The molecule has 0 radical (unpaired) electrons. The Labute approximate surface area is 263 Å². The SMILES string of the molecule is Cc1cc(Cl)nc(C)c1C(=O)NCCC(C)N1CCC(N2C(=O)N(Cc3ccc(C(=O)O)cc3)C[C@H]2c2ccccc2)CC1. The number of benzene rings is 2. The summed E-state index contributed by atoms with van der Waals surface area (Å²) < 4.78 is 0. The monoisotopic (exact) mass is 617 g/mol. The average molecular weight is 618 g/mol. The number of carboxylic acid groups (broad SMARTS) is 1. The number of pyridine rings is 1. The Hall–Kier alpha value is -3.95. The number of hydrogen-bond acceptors (Lipinski definition) is 5. The zero-order valence-corrected chi connectivity index (χ0v) is 26.3. The first-order valence-electron chi connectivity index (χ1n) is 15.2. The van der Waals surface area contributed by atoms with Crippen LogP contribution in [0.25, 0.3) is 0 Å². The molecule has 3 heterocycles. The molecule has 0 aliphatic carbocycles. The van der Waals surface area contributed by atoms with Gasteiger partial charge in [0.25, 0.3) is 5.91 Å². The van der Waals surface area contributed by atoms with Gasteiger partial charge in [-0.1, -0.05) is 54.1 Å². The number of nitrogens with zero attached hydrogens (tertiary/aromatic N) is 4. The number of carbonyl (C=O) groups excluding carboxylic acids is 2. The van der Waals surface area contributed by atoms with Crippen molar-refractivity contribution in [2.45, 2.75) is 64.7 Å². The zero-order chi connectivity index (χ0) is 31.4. The van der Waals surface area contributed by atoms with Crippen LogP contribution in [0.2, 0.25) is 5.15 Å². The maximum Gasteiger partial charge on any atom is 0.335 e. The predicted molar refractivity (Wildman–Crippen MR) is 170 cm³/mol. The maximum atomic E-state index is 13.9. The molecule has 2 N–H and O–H groups in total. The highest BCUT2D eigenvalue weighted by atomic mass is 35.5. The molecule has 9 nitrogen and oxygen atoms in total. The van der Waals surface area contributed by atoms with Gasteiger partial charge in [-0.25, -0.2) is 14.6 Å². The van der Waals surface area contributed by atoms with Crippen molar-refractivity contribution in [1.82, 2.24) is 25.0 Å². The van der Waals surface area contributed by atoms with E-state index in [0.29, 0.717) is 36.0 Å². The summed E-state index contributed by atoms with van der Waals surface area (Å²) in [6.45, 7) is 9.19. The second kappa shape index (κ2) is 13.8. The van der Waals surface area contributed by atoms with Gasteiger partial charge in [-0.3, -0.25) is 4.79 Å². The molecule has 0 spiro atoms. The molecule has 232 valence electrons. The van der Waals surface area contributed by atoms with Gasteiger partial charge >= 0.3 is 12.0 Å². The van der Waals surface area contributed by atoms with E-state index >= 15 is 0 Å². The summed E-state index contributed by atoms with van der Waals surface area (Å²) in [5.74, 6) is -1.09. The van der Waals surface area contributed by atoms with Crippen LogP contribution in [-0.4, -0.2) is 81.0 Å². The molecular formula is C34H40ClN5O4.